The van der Waals surface area contributed by atoms with Gasteiger partial charge in [-0.05, 0) is 43.2 Å². The molecular weight excluding hydrogens is 284 g/mol. The van der Waals surface area contributed by atoms with E-state index in [1.807, 2.05) is 28.9 Å². The Balaban J connectivity index is 2.04. The number of hydrogen-bond acceptors (Lipinski definition) is 3. The average molecular weight is 306 g/mol. The third-order valence-electron chi connectivity index (χ3n) is 3.94. The number of nitrogens with zero attached hydrogens (tertiary/aromatic N) is 4. The Kier molecular flexibility index (Phi) is 4.71. The van der Waals surface area contributed by atoms with Gasteiger partial charge in [-0.2, -0.15) is 4.68 Å². The van der Waals surface area contributed by atoms with E-state index in [1.165, 1.54) is 12.8 Å². The van der Waals surface area contributed by atoms with E-state index in [-0.39, 0.29) is 0 Å². The monoisotopic (exact) mass is 306 g/mol. The molecule has 0 aliphatic heterocycles. The third kappa shape index (κ3) is 3.26. The first-order valence-electron chi connectivity index (χ1n) is 8.11. The minimum atomic E-state index is 0.912. The normalized spacial score (nSPS) is 11.8. The van der Waals surface area contributed by atoms with Gasteiger partial charge in [-0.3, -0.25) is 0 Å². The van der Waals surface area contributed by atoms with Crippen LogP contribution in [0.3, 0.4) is 0 Å². The molecule has 4 heteroatoms. The van der Waals surface area contributed by atoms with Crippen molar-refractivity contribution in [3.05, 3.63) is 60.7 Å². The zero-order valence-corrected chi connectivity index (χ0v) is 13.7. The summed E-state index contributed by atoms with van der Waals surface area (Å²) in [6.07, 6.45) is 5.62. The number of hydrogen-bond donors (Lipinski definition) is 0. The highest BCUT2D eigenvalue weighted by Gasteiger charge is 2.13. The van der Waals surface area contributed by atoms with Crippen molar-refractivity contribution in [2.75, 3.05) is 11.9 Å². The lowest BCUT2D eigenvalue weighted by molar-refractivity contribution is 0.786. The molecule has 3 rings (SSSR count). The molecule has 0 amide bonds. The standard InChI is InChI=1S/C19H22N4/c1-3-4-6-15-19(22(2)16-11-7-5-8-12-16)23-18-14-10-9-13-17(18)20-21-23/h5,7-15H,3-4,6H2,1-2H3/b19-15+. The molecule has 0 saturated carbocycles. The van der Waals surface area contributed by atoms with Gasteiger partial charge < -0.3 is 4.90 Å². The van der Waals surface area contributed by atoms with Crippen molar-refractivity contribution in [2.24, 2.45) is 0 Å². The molecule has 0 saturated heterocycles. The summed E-state index contributed by atoms with van der Waals surface area (Å²) in [7, 11) is 2.07. The van der Waals surface area contributed by atoms with Gasteiger partial charge in [0, 0.05) is 12.7 Å². The molecule has 0 spiro atoms. The van der Waals surface area contributed by atoms with Crippen molar-refractivity contribution in [2.45, 2.75) is 26.2 Å². The van der Waals surface area contributed by atoms with Crippen LogP contribution in [0.25, 0.3) is 16.9 Å². The van der Waals surface area contributed by atoms with Gasteiger partial charge in [-0.25, -0.2) is 0 Å². The minimum Gasteiger partial charge on any atom is -0.330 e. The van der Waals surface area contributed by atoms with Crippen LogP contribution < -0.4 is 4.90 Å². The van der Waals surface area contributed by atoms with E-state index in [2.05, 4.69) is 65.6 Å². The largest absolute Gasteiger partial charge is 0.330 e. The molecule has 0 aliphatic carbocycles. The number of aromatic nitrogens is 3. The Labute approximate surface area is 137 Å². The lowest BCUT2D eigenvalue weighted by Gasteiger charge is -2.23. The van der Waals surface area contributed by atoms with Crippen LogP contribution in [0.5, 0.6) is 0 Å². The van der Waals surface area contributed by atoms with Gasteiger partial charge in [0.15, 0.2) is 0 Å². The van der Waals surface area contributed by atoms with Crippen molar-refractivity contribution < 1.29 is 0 Å². The molecule has 3 aromatic rings. The van der Waals surface area contributed by atoms with Gasteiger partial charge >= 0.3 is 0 Å². The highest BCUT2D eigenvalue weighted by molar-refractivity contribution is 5.80. The summed E-state index contributed by atoms with van der Waals surface area (Å²) in [5, 5.41) is 8.67. The number of unbranched alkanes of at least 4 members (excludes halogenated alkanes) is 2. The second-order valence-corrected chi connectivity index (χ2v) is 5.59. The summed E-state index contributed by atoms with van der Waals surface area (Å²) < 4.78 is 1.93. The van der Waals surface area contributed by atoms with E-state index in [1.54, 1.807) is 0 Å². The summed E-state index contributed by atoms with van der Waals surface area (Å²) in [6.45, 7) is 2.21. The van der Waals surface area contributed by atoms with E-state index in [0.717, 1.165) is 29.0 Å². The van der Waals surface area contributed by atoms with Crippen molar-refractivity contribution in [1.29, 1.82) is 0 Å². The SMILES string of the molecule is CCCC/C=C(\N(C)c1ccccc1)n1nnc2ccccc21. The molecule has 0 aliphatic rings. The minimum absolute atomic E-state index is 0.912. The van der Waals surface area contributed by atoms with Crippen LogP contribution in [0.15, 0.2) is 60.7 Å². The Morgan fingerprint density at radius 3 is 2.61 bits per heavy atom. The Morgan fingerprint density at radius 2 is 1.83 bits per heavy atom. The summed E-state index contributed by atoms with van der Waals surface area (Å²) in [5.41, 5.74) is 3.07. The Hall–Kier alpha value is -2.62. The second kappa shape index (κ2) is 7.09. The quantitative estimate of drug-likeness (QED) is 0.626. The van der Waals surface area contributed by atoms with Crippen LogP contribution in [-0.4, -0.2) is 22.0 Å². The summed E-state index contributed by atoms with van der Waals surface area (Å²) in [5.74, 6) is 1.04. The zero-order valence-electron chi connectivity index (χ0n) is 13.7. The summed E-state index contributed by atoms with van der Waals surface area (Å²) >= 11 is 0. The van der Waals surface area contributed by atoms with Gasteiger partial charge in [0.05, 0.1) is 5.52 Å². The van der Waals surface area contributed by atoms with E-state index in [0.29, 0.717) is 0 Å². The number of anilines is 1. The fraction of sp³-hybridized carbons (Fsp3) is 0.263. The zero-order chi connectivity index (χ0) is 16.1. The summed E-state index contributed by atoms with van der Waals surface area (Å²) in [6, 6.07) is 18.4. The topological polar surface area (TPSA) is 34.0 Å². The molecule has 1 heterocycles. The van der Waals surface area contributed by atoms with Gasteiger partial charge in [-0.15, -0.1) is 5.10 Å². The molecular formula is C19H22N4. The van der Waals surface area contributed by atoms with Crippen LogP contribution in [0.1, 0.15) is 26.2 Å². The lowest BCUT2D eigenvalue weighted by atomic mass is 10.2. The predicted octanol–water partition coefficient (Wildman–Crippen LogP) is 4.56. The van der Waals surface area contributed by atoms with E-state index < -0.39 is 0 Å². The molecule has 0 radical (unpaired) electrons. The van der Waals surface area contributed by atoms with Gasteiger partial charge in [0.1, 0.15) is 11.3 Å². The molecule has 1 aromatic heterocycles. The molecule has 4 nitrogen and oxygen atoms in total. The van der Waals surface area contributed by atoms with Crippen molar-refractivity contribution in [1.82, 2.24) is 15.0 Å². The molecule has 2 aromatic carbocycles. The van der Waals surface area contributed by atoms with Crippen LogP contribution in [-0.2, 0) is 0 Å². The van der Waals surface area contributed by atoms with E-state index in [4.69, 9.17) is 0 Å². The molecule has 0 atom stereocenters. The molecule has 0 bridgehead atoms. The third-order valence-corrected chi connectivity index (χ3v) is 3.94. The first-order chi connectivity index (χ1) is 11.3. The van der Waals surface area contributed by atoms with Crippen molar-refractivity contribution >= 4 is 22.5 Å². The molecule has 0 fully saturated rings. The van der Waals surface area contributed by atoms with Crippen LogP contribution in [0.2, 0.25) is 0 Å². The lowest BCUT2D eigenvalue weighted by Crippen LogP contribution is -2.21. The van der Waals surface area contributed by atoms with Crippen molar-refractivity contribution in [3.63, 3.8) is 0 Å². The first kappa shape index (κ1) is 15.3. The maximum Gasteiger partial charge on any atom is 0.132 e. The van der Waals surface area contributed by atoms with E-state index in [9.17, 15) is 0 Å². The fourth-order valence-electron chi connectivity index (χ4n) is 2.62. The first-order valence-corrected chi connectivity index (χ1v) is 8.11. The predicted molar refractivity (Wildman–Crippen MR) is 96.2 cm³/mol. The van der Waals surface area contributed by atoms with Crippen LogP contribution in [0.4, 0.5) is 5.69 Å². The van der Waals surface area contributed by atoms with E-state index >= 15 is 0 Å². The maximum atomic E-state index is 4.38. The van der Waals surface area contributed by atoms with Crippen LogP contribution >= 0.6 is 0 Å². The molecule has 0 N–H and O–H groups in total. The molecule has 0 unspecified atom stereocenters. The van der Waals surface area contributed by atoms with Gasteiger partial charge in [-0.1, -0.05) is 48.9 Å². The average Bonchev–Trinajstić information content (AvgIpc) is 3.03. The highest BCUT2D eigenvalue weighted by Crippen LogP contribution is 2.23. The Bertz CT molecular complexity index is 789. The van der Waals surface area contributed by atoms with Gasteiger partial charge in [0.2, 0.25) is 0 Å². The highest BCUT2D eigenvalue weighted by atomic mass is 15.5. The molecule has 23 heavy (non-hydrogen) atoms. The maximum absolute atomic E-state index is 4.38. The molecule has 118 valence electrons. The smallest absolute Gasteiger partial charge is 0.132 e. The fourth-order valence-corrected chi connectivity index (χ4v) is 2.62. The number of rotatable bonds is 6. The van der Waals surface area contributed by atoms with Crippen molar-refractivity contribution in [3.8, 4) is 0 Å². The van der Waals surface area contributed by atoms with Crippen LogP contribution in [0, 0.1) is 0 Å². The number of benzene rings is 2. The Morgan fingerprint density at radius 1 is 1.09 bits per heavy atom. The van der Waals surface area contributed by atoms with Gasteiger partial charge in [0.25, 0.3) is 0 Å². The number of allylic oxidation sites excluding steroid dienone is 1. The number of fused-ring (bicyclic) bond motifs is 1. The second-order valence-electron chi connectivity index (χ2n) is 5.59. The summed E-state index contributed by atoms with van der Waals surface area (Å²) in [4.78, 5) is 2.16. The number of para-hydroxylation sites is 2.